The minimum absolute atomic E-state index is 0.142. The maximum absolute atomic E-state index is 12.2. The van der Waals surface area contributed by atoms with Gasteiger partial charge in [0.1, 0.15) is 0 Å². The van der Waals surface area contributed by atoms with Gasteiger partial charge in [-0.05, 0) is 24.0 Å². The molecule has 1 saturated heterocycles. The lowest BCUT2D eigenvalue weighted by Gasteiger charge is -2.24. The van der Waals surface area contributed by atoms with Gasteiger partial charge in [0.2, 0.25) is 0 Å². The van der Waals surface area contributed by atoms with E-state index in [4.69, 9.17) is 11.6 Å². The van der Waals surface area contributed by atoms with E-state index < -0.39 is 12.6 Å². The van der Waals surface area contributed by atoms with Gasteiger partial charge in [-0.2, -0.15) is 13.2 Å². The molecular weight excluding hydrogens is 313 g/mol. The Morgan fingerprint density at radius 2 is 1.95 bits per heavy atom. The molecule has 2 aliphatic rings. The number of likely N-dealkylation sites (tertiary alicyclic amines) is 1. The minimum atomic E-state index is -4.04. The summed E-state index contributed by atoms with van der Waals surface area (Å²) in [6.07, 6.45) is -4.74. The predicted octanol–water partition coefficient (Wildman–Crippen LogP) is 4.34. The van der Waals surface area contributed by atoms with E-state index in [1.165, 1.54) is 0 Å². The summed E-state index contributed by atoms with van der Waals surface area (Å²) >= 11 is 5.93. The highest BCUT2D eigenvalue weighted by molar-refractivity contribution is 6.30. The van der Waals surface area contributed by atoms with Gasteiger partial charge in [-0.1, -0.05) is 35.2 Å². The fourth-order valence-corrected chi connectivity index (χ4v) is 3.67. The summed E-state index contributed by atoms with van der Waals surface area (Å²) in [5.41, 5.74) is 1.10. The van der Waals surface area contributed by atoms with E-state index in [0.717, 1.165) is 30.2 Å². The average molecular weight is 332 g/mol. The standard InChI is InChI=1S/C16H19ClF3N2/c17-12-3-1-2-11(6-12)7-21-8-13-14-9-22(10-15(13)14)5-4-16(18,19)20/h1-3,6,13-15H,4-5,7-10H2/q-1. The van der Waals surface area contributed by atoms with Crippen molar-refractivity contribution in [3.05, 3.63) is 40.2 Å². The molecule has 1 saturated carbocycles. The van der Waals surface area contributed by atoms with Crippen LogP contribution in [0.15, 0.2) is 24.3 Å². The maximum Gasteiger partial charge on any atom is 0.390 e. The van der Waals surface area contributed by atoms with Gasteiger partial charge >= 0.3 is 6.18 Å². The second-order valence-electron chi connectivity index (χ2n) is 6.31. The van der Waals surface area contributed by atoms with Gasteiger partial charge < -0.3 is 10.2 Å². The predicted molar refractivity (Wildman–Crippen MR) is 81.0 cm³/mol. The van der Waals surface area contributed by atoms with Gasteiger partial charge in [0.25, 0.3) is 0 Å². The Bertz CT molecular complexity index is 508. The van der Waals surface area contributed by atoms with Crippen LogP contribution in [-0.2, 0) is 6.54 Å². The first-order valence-electron chi connectivity index (χ1n) is 7.59. The summed E-state index contributed by atoms with van der Waals surface area (Å²) in [5.74, 6) is 1.68. The van der Waals surface area contributed by atoms with Crippen molar-refractivity contribution >= 4 is 11.6 Å². The number of benzene rings is 1. The largest absolute Gasteiger partial charge is 0.658 e. The van der Waals surface area contributed by atoms with Crippen molar-refractivity contribution in [3.63, 3.8) is 0 Å². The van der Waals surface area contributed by atoms with Crippen molar-refractivity contribution in [1.82, 2.24) is 4.90 Å². The third-order valence-electron chi connectivity index (χ3n) is 4.68. The van der Waals surface area contributed by atoms with Crippen LogP contribution in [0.3, 0.4) is 0 Å². The molecule has 1 aromatic rings. The summed E-state index contributed by atoms with van der Waals surface area (Å²) in [6, 6.07) is 7.67. The lowest BCUT2D eigenvalue weighted by molar-refractivity contribution is -0.137. The Balaban J connectivity index is 1.33. The zero-order chi connectivity index (χ0) is 15.7. The molecular formula is C16H19ClF3N2-. The zero-order valence-corrected chi connectivity index (χ0v) is 12.9. The first-order valence-corrected chi connectivity index (χ1v) is 7.97. The number of rotatable bonds is 6. The fraction of sp³-hybridized carbons (Fsp3) is 0.625. The summed E-state index contributed by atoms with van der Waals surface area (Å²) in [5, 5.41) is 5.30. The Morgan fingerprint density at radius 3 is 2.59 bits per heavy atom. The number of piperidine rings is 1. The summed E-state index contributed by atoms with van der Waals surface area (Å²) in [6.45, 7) is 3.22. The number of nitrogens with zero attached hydrogens (tertiary/aromatic N) is 2. The van der Waals surface area contributed by atoms with Crippen molar-refractivity contribution in [2.24, 2.45) is 17.8 Å². The van der Waals surface area contributed by atoms with Crippen LogP contribution >= 0.6 is 11.6 Å². The van der Waals surface area contributed by atoms with Gasteiger partial charge in [-0.3, -0.25) is 0 Å². The van der Waals surface area contributed by atoms with Crippen molar-refractivity contribution in [3.8, 4) is 0 Å². The molecule has 2 nitrogen and oxygen atoms in total. The molecule has 0 spiro atoms. The van der Waals surface area contributed by atoms with Crippen LogP contribution in [0.5, 0.6) is 0 Å². The molecule has 2 fully saturated rings. The van der Waals surface area contributed by atoms with E-state index in [1.807, 2.05) is 29.2 Å². The third-order valence-corrected chi connectivity index (χ3v) is 4.92. The van der Waals surface area contributed by atoms with Crippen LogP contribution in [0, 0.1) is 17.8 Å². The van der Waals surface area contributed by atoms with Crippen LogP contribution in [0.25, 0.3) is 5.32 Å². The molecule has 1 aliphatic heterocycles. The molecule has 2 unspecified atom stereocenters. The highest BCUT2D eigenvalue weighted by Crippen LogP contribution is 2.52. The van der Waals surface area contributed by atoms with Crippen molar-refractivity contribution in [2.75, 3.05) is 26.2 Å². The van der Waals surface area contributed by atoms with E-state index in [-0.39, 0.29) is 6.54 Å². The summed E-state index contributed by atoms with van der Waals surface area (Å²) in [4.78, 5) is 1.94. The number of alkyl halides is 3. The Morgan fingerprint density at radius 1 is 1.23 bits per heavy atom. The van der Waals surface area contributed by atoms with Crippen molar-refractivity contribution in [2.45, 2.75) is 19.1 Å². The van der Waals surface area contributed by atoms with Crippen LogP contribution in [0.1, 0.15) is 12.0 Å². The molecule has 0 amide bonds. The second kappa shape index (κ2) is 6.38. The molecule has 1 aliphatic carbocycles. The quantitative estimate of drug-likeness (QED) is 0.757. The lowest BCUT2D eigenvalue weighted by atomic mass is 10.2. The van der Waals surface area contributed by atoms with Gasteiger partial charge in [0.15, 0.2) is 0 Å². The highest BCUT2D eigenvalue weighted by Gasteiger charge is 2.53. The topological polar surface area (TPSA) is 17.3 Å². The zero-order valence-electron chi connectivity index (χ0n) is 12.2. The van der Waals surface area contributed by atoms with E-state index in [9.17, 15) is 13.2 Å². The molecule has 3 rings (SSSR count). The van der Waals surface area contributed by atoms with Gasteiger partial charge in [0, 0.05) is 24.7 Å². The Kier molecular flexibility index (Phi) is 4.67. The minimum Gasteiger partial charge on any atom is -0.658 e. The average Bonchev–Trinajstić information content (AvgIpc) is 2.90. The summed E-state index contributed by atoms with van der Waals surface area (Å²) in [7, 11) is 0. The monoisotopic (exact) mass is 331 g/mol. The second-order valence-corrected chi connectivity index (χ2v) is 6.75. The molecule has 1 heterocycles. The van der Waals surface area contributed by atoms with Crippen LogP contribution < -0.4 is 0 Å². The third kappa shape index (κ3) is 4.15. The molecule has 0 aromatic heterocycles. The molecule has 2 atom stereocenters. The molecule has 6 heteroatoms. The molecule has 122 valence electrons. The number of hydrogen-bond acceptors (Lipinski definition) is 1. The molecule has 0 bridgehead atoms. The first-order chi connectivity index (χ1) is 10.4. The van der Waals surface area contributed by atoms with E-state index in [2.05, 4.69) is 5.32 Å². The van der Waals surface area contributed by atoms with Crippen molar-refractivity contribution < 1.29 is 13.2 Å². The fourth-order valence-electron chi connectivity index (χ4n) is 3.45. The van der Waals surface area contributed by atoms with Gasteiger partial charge in [0.05, 0.1) is 6.42 Å². The van der Waals surface area contributed by atoms with E-state index in [1.54, 1.807) is 0 Å². The lowest BCUT2D eigenvalue weighted by Crippen LogP contribution is -2.29. The van der Waals surface area contributed by atoms with Crippen LogP contribution in [0.4, 0.5) is 13.2 Å². The molecule has 0 radical (unpaired) electrons. The first kappa shape index (κ1) is 16.1. The van der Waals surface area contributed by atoms with Crippen molar-refractivity contribution in [1.29, 1.82) is 0 Å². The molecule has 22 heavy (non-hydrogen) atoms. The number of fused-ring (bicyclic) bond motifs is 1. The number of halogens is 4. The normalized spacial score (nSPS) is 27.9. The van der Waals surface area contributed by atoms with Gasteiger partial charge in [-0.15, -0.1) is 13.1 Å². The van der Waals surface area contributed by atoms with Gasteiger partial charge in [-0.25, -0.2) is 0 Å². The molecule has 1 aromatic carbocycles. The van der Waals surface area contributed by atoms with E-state index >= 15 is 0 Å². The maximum atomic E-state index is 12.2. The molecule has 0 N–H and O–H groups in total. The summed E-state index contributed by atoms with van der Waals surface area (Å²) < 4.78 is 36.6. The Hall–Kier alpha value is -0.780. The smallest absolute Gasteiger partial charge is 0.390 e. The van der Waals surface area contributed by atoms with E-state index in [0.29, 0.717) is 24.3 Å². The number of hydrogen-bond donors (Lipinski definition) is 0. The Labute approximate surface area is 133 Å². The van der Waals surface area contributed by atoms with Crippen LogP contribution in [0.2, 0.25) is 5.02 Å². The van der Waals surface area contributed by atoms with Crippen LogP contribution in [-0.4, -0.2) is 37.3 Å². The SMILES string of the molecule is FC(F)(F)CCN1CC2C(C[N-]Cc3cccc(Cl)c3)C2C1. The highest BCUT2D eigenvalue weighted by atomic mass is 35.5.